The van der Waals surface area contributed by atoms with Crippen molar-refractivity contribution in [2.75, 3.05) is 6.54 Å². The smallest absolute Gasteiger partial charge is 0.315 e. The number of aliphatic hydroxyl groups is 1. The Morgan fingerprint density at radius 1 is 1.38 bits per heavy atom. The zero-order chi connectivity index (χ0) is 19.3. The van der Waals surface area contributed by atoms with Crippen molar-refractivity contribution in [3.05, 3.63) is 48.0 Å². The predicted molar refractivity (Wildman–Crippen MR) is 98.6 cm³/mol. The Bertz CT molecular complexity index is 729. The van der Waals surface area contributed by atoms with E-state index in [0.29, 0.717) is 24.2 Å². The standard InChI is InChI=1S/C19H27FN4O2/c1-13(25)11-19(3,4)12-21-18(26)23-14(2)15-6-7-17(16(20)10-15)24-9-5-8-22-24/h5-10,13-14,25H,11-12H2,1-4H3,(H2,21,23,26)/t13?,14-/m1/s1. The number of aliphatic hydroxyl groups excluding tert-OH is 1. The Balaban J connectivity index is 1.94. The van der Waals surface area contributed by atoms with Gasteiger partial charge >= 0.3 is 6.03 Å². The van der Waals surface area contributed by atoms with E-state index in [9.17, 15) is 14.3 Å². The van der Waals surface area contributed by atoms with Gasteiger partial charge in [0, 0.05) is 18.9 Å². The molecule has 0 saturated heterocycles. The number of aromatic nitrogens is 2. The quantitative estimate of drug-likeness (QED) is 0.708. The van der Waals surface area contributed by atoms with E-state index in [2.05, 4.69) is 15.7 Å². The first kappa shape index (κ1) is 19.9. The van der Waals surface area contributed by atoms with Crippen molar-refractivity contribution in [3.63, 3.8) is 0 Å². The lowest BCUT2D eigenvalue weighted by atomic mass is 9.87. The molecule has 0 aliphatic rings. The van der Waals surface area contributed by atoms with Crippen molar-refractivity contribution in [1.29, 1.82) is 0 Å². The summed E-state index contributed by atoms with van der Waals surface area (Å²) in [4.78, 5) is 12.1. The van der Waals surface area contributed by atoms with E-state index in [1.54, 1.807) is 44.4 Å². The molecule has 1 heterocycles. The lowest BCUT2D eigenvalue weighted by Gasteiger charge is -2.27. The fourth-order valence-corrected chi connectivity index (χ4v) is 2.91. The van der Waals surface area contributed by atoms with Gasteiger partial charge in [0.1, 0.15) is 11.5 Å². The number of carbonyl (C=O) groups is 1. The Morgan fingerprint density at radius 3 is 2.69 bits per heavy atom. The summed E-state index contributed by atoms with van der Waals surface area (Å²) in [6, 6.07) is 5.85. The van der Waals surface area contributed by atoms with E-state index in [1.165, 1.54) is 10.7 Å². The first-order chi connectivity index (χ1) is 12.2. The van der Waals surface area contributed by atoms with Crippen LogP contribution >= 0.6 is 0 Å². The van der Waals surface area contributed by atoms with Gasteiger partial charge in [-0.25, -0.2) is 13.9 Å². The largest absolute Gasteiger partial charge is 0.393 e. The van der Waals surface area contributed by atoms with Crippen molar-refractivity contribution in [1.82, 2.24) is 20.4 Å². The van der Waals surface area contributed by atoms with E-state index in [1.807, 2.05) is 13.8 Å². The Morgan fingerprint density at radius 2 is 2.12 bits per heavy atom. The Kier molecular flexibility index (Phi) is 6.37. The van der Waals surface area contributed by atoms with Crippen LogP contribution in [0.25, 0.3) is 5.69 Å². The minimum atomic E-state index is -0.426. The maximum atomic E-state index is 14.3. The molecule has 1 aromatic heterocycles. The third-order valence-corrected chi connectivity index (χ3v) is 4.15. The van der Waals surface area contributed by atoms with E-state index in [0.717, 1.165) is 0 Å². The zero-order valence-corrected chi connectivity index (χ0v) is 15.7. The first-order valence-corrected chi connectivity index (χ1v) is 8.70. The third-order valence-electron chi connectivity index (χ3n) is 4.15. The van der Waals surface area contributed by atoms with Gasteiger partial charge in [-0.1, -0.05) is 19.9 Å². The molecule has 6 nitrogen and oxygen atoms in total. The molecule has 3 N–H and O–H groups in total. The van der Waals surface area contributed by atoms with E-state index < -0.39 is 11.9 Å². The van der Waals surface area contributed by atoms with Gasteiger partial charge in [0.15, 0.2) is 0 Å². The molecule has 1 aromatic carbocycles. The van der Waals surface area contributed by atoms with Gasteiger partial charge in [-0.05, 0) is 49.4 Å². The van der Waals surface area contributed by atoms with Crippen LogP contribution in [0, 0.1) is 11.2 Å². The van der Waals surface area contributed by atoms with Crippen LogP contribution in [0.5, 0.6) is 0 Å². The molecule has 0 bridgehead atoms. The number of carbonyl (C=O) groups excluding carboxylic acids is 1. The molecule has 0 aliphatic heterocycles. The highest BCUT2D eigenvalue weighted by molar-refractivity contribution is 5.74. The topological polar surface area (TPSA) is 79.2 Å². The molecule has 0 spiro atoms. The summed E-state index contributed by atoms with van der Waals surface area (Å²) in [6.07, 6.45) is 3.41. The van der Waals surface area contributed by atoms with E-state index in [4.69, 9.17) is 0 Å². The second kappa shape index (κ2) is 8.31. The number of rotatable bonds is 7. The number of nitrogens with one attached hydrogen (secondary N) is 2. The minimum Gasteiger partial charge on any atom is -0.393 e. The molecular formula is C19H27FN4O2. The third kappa shape index (κ3) is 5.56. The van der Waals surface area contributed by atoms with Gasteiger partial charge in [0.05, 0.1) is 12.1 Å². The second-order valence-corrected chi connectivity index (χ2v) is 7.43. The van der Waals surface area contributed by atoms with Crippen molar-refractivity contribution in [2.45, 2.75) is 46.3 Å². The fraction of sp³-hybridized carbons (Fsp3) is 0.474. The van der Waals surface area contributed by atoms with Crippen LogP contribution in [0.15, 0.2) is 36.7 Å². The highest BCUT2D eigenvalue weighted by atomic mass is 19.1. The van der Waals surface area contributed by atoms with E-state index in [-0.39, 0.29) is 17.5 Å². The van der Waals surface area contributed by atoms with E-state index >= 15 is 0 Å². The SMILES string of the molecule is CC(O)CC(C)(C)CNC(=O)N[C@H](C)c1ccc(-n2cccn2)c(F)c1. The summed E-state index contributed by atoms with van der Waals surface area (Å²) in [5.74, 6) is -0.404. The molecule has 7 heteroatoms. The number of hydrogen-bond acceptors (Lipinski definition) is 3. The normalized spacial score (nSPS) is 13.9. The summed E-state index contributed by atoms with van der Waals surface area (Å²) >= 11 is 0. The fourth-order valence-electron chi connectivity index (χ4n) is 2.91. The monoisotopic (exact) mass is 362 g/mol. The molecule has 2 atom stereocenters. The van der Waals surface area contributed by atoms with Crippen molar-refractivity contribution >= 4 is 6.03 Å². The highest BCUT2D eigenvalue weighted by Crippen LogP contribution is 2.21. The molecular weight excluding hydrogens is 335 g/mol. The summed E-state index contributed by atoms with van der Waals surface area (Å²) in [5.41, 5.74) is 0.804. The molecule has 1 unspecified atom stereocenters. The van der Waals surface area contributed by atoms with Crippen LogP contribution in [0.1, 0.15) is 45.7 Å². The molecule has 0 radical (unpaired) electrons. The molecule has 26 heavy (non-hydrogen) atoms. The van der Waals surface area contributed by atoms with Crippen LogP contribution in [0.4, 0.5) is 9.18 Å². The van der Waals surface area contributed by atoms with Crippen LogP contribution < -0.4 is 10.6 Å². The highest BCUT2D eigenvalue weighted by Gasteiger charge is 2.21. The number of halogens is 1. The van der Waals surface area contributed by atoms with Crippen molar-refractivity contribution in [2.24, 2.45) is 5.41 Å². The second-order valence-electron chi connectivity index (χ2n) is 7.43. The predicted octanol–water partition coefficient (Wildman–Crippen LogP) is 3.17. The minimum absolute atomic E-state index is 0.216. The van der Waals surface area contributed by atoms with Crippen molar-refractivity contribution in [3.8, 4) is 5.69 Å². The maximum Gasteiger partial charge on any atom is 0.315 e. The Labute approximate surface area is 153 Å². The number of amides is 2. The summed E-state index contributed by atoms with van der Waals surface area (Å²) in [7, 11) is 0. The average molecular weight is 362 g/mol. The van der Waals surface area contributed by atoms with Crippen LogP contribution in [-0.2, 0) is 0 Å². The lowest BCUT2D eigenvalue weighted by Crippen LogP contribution is -2.42. The van der Waals surface area contributed by atoms with Crippen LogP contribution in [-0.4, -0.2) is 33.6 Å². The number of hydrogen-bond donors (Lipinski definition) is 3. The first-order valence-electron chi connectivity index (χ1n) is 8.70. The zero-order valence-electron chi connectivity index (χ0n) is 15.7. The number of urea groups is 1. The summed E-state index contributed by atoms with van der Waals surface area (Å²) in [6.45, 7) is 7.91. The average Bonchev–Trinajstić information content (AvgIpc) is 3.06. The van der Waals surface area contributed by atoms with Crippen LogP contribution in [0.2, 0.25) is 0 Å². The van der Waals surface area contributed by atoms with Gasteiger partial charge in [-0.2, -0.15) is 5.10 Å². The van der Waals surface area contributed by atoms with Gasteiger partial charge in [0.25, 0.3) is 0 Å². The van der Waals surface area contributed by atoms with Gasteiger partial charge < -0.3 is 15.7 Å². The lowest BCUT2D eigenvalue weighted by molar-refractivity contribution is 0.128. The van der Waals surface area contributed by atoms with Crippen molar-refractivity contribution < 1.29 is 14.3 Å². The molecule has 0 fully saturated rings. The summed E-state index contributed by atoms with van der Waals surface area (Å²) < 4.78 is 15.8. The van der Waals surface area contributed by atoms with Crippen LogP contribution in [0.3, 0.4) is 0 Å². The van der Waals surface area contributed by atoms with Gasteiger partial charge in [-0.15, -0.1) is 0 Å². The molecule has 2 amide bonds. The number of nitrogens with zero attached hydrogens (tertiary/aromatic N) is 2. The van der Waals surface area contributed by atoms with Gasteiger partial charge in [-0.3, -0.25) is 0 Å². The number of benzene rings is 1. The maximum absolute atomic E-state index is 14.3. The molecule has 0 saturated carbocycles. The Hall–Kier alpha value is -2.41. The molecule has 2 aromatic rings. The van der Waals surface area contributed by atoms with Gasteiger partial charge in [0.2, 0.25) is 0 Å². The summed E-state index contributed by atoms with van der Waals surface area (Å²) in [5, 5.41) is 19.1. The molecule has 0 aliphatic carbocycles. The molecule has 2 rings (SSSR count). The molecule has 142 valence electrons.